The largest absolute Gasteiger partial charge is 0.314 e. The first kappa shape index (κ1) is 13.9. The zero-order valence-corrected chi connectivity index (χ0v) is 11.7. The predicted molar refractivity (Wildman–Crippen MR) is 67.6 cm³/mol. The van der Waals surface area contributed by atoms with E-state index in [1.54, 1.807) is 0 Å². The molecule has 1 fully saturated rings. The van der Waals surface area contributed by atoms with E-state index >= 15 is 0 Å². The van der Waals surface area contributed by atoms with Crippen LogP contribution in [0.5, 0.6) is 0 Å². The second kappa shape index (κ2) is 4.63. The Morgan fingerprint density at radius 2 is 1.62 bits per heavy atom. The van der Waals surface area contributed by atoms with Crippen LogP contribution in [0.25, 0.3) is 0 Å². The van der Waals surface area contributed by atoms with Crippen molar-refractivity contribution in [3.63, 3.8) is 0 Å². The lowest BCUT2D eigenvalue weighted by molar-refractivity contribution is -0.246. The Hall–Kier alpha value is -0.120. The Balaban J connectivity index is 2.64. The minimum atomic E-state index is -0.142. The summed E-state index contributed by atoms with van der Waals surface area (Å²) >= 11 is 0. The van der Waals surface area contributed by atoms with E-state index in [1.807, 2.05) is 0 Å². The number of hydrogen-bond donors (Lipinski definition) is 2. The molecule has 0 radical (unpaired) electrons. The fourth-order valence-electron chi connectivity index (χ4n) is 2.82. The van der Waals surface area contributed by atoms with Gasteiger partial charge in [-0.25, -0.2) is 0 Å². The first-order chi connectivity index (χ1) is 7.15. The van der Waals surface area contributed by atoms with Gasteiger partial charge < -0.3 is 10.5 Å². The number of rotatable bonds is 3. The van der Waals surface area contributed by atoms with Gasteiger partial charge in [-0.05, 0) is 53.0 Å². The average molecular weight is 228 g/mol. The fraction of sp³-hybridized carbons (Fsp3) is 1.00. The maximum atomic E-state index is 10.2. The molecule has 0 aromatic carbocycles. The van der Waals surface area contributed by atoms with Crippen molar-refractivity contribution in [2.75, 3.05) is 6.54 Å². The number of nitrogens with one attached hydrogen (secondary N) is 1. The summed E-state index contributed by atoms with van der Waals surface area (Å²) in [4.78, 5) is 0. The normalized spacial score (nSPS) is 26.2. The van der Waals surface area contributed by atoms with E-state index in [0.717, 1.165) is 19.4 Å². The summed E-state index contributed by atoms with van der Waals surface area (Å²) in [6, 6.07) is 0.510. The second-order valence-electron chi connectivity index (χ2n) is 6.84. The van der Waals surface area contributed by atoms with Crippen LogP contribution in [-0.2, 0) is 0 Å². The van der Waals surface area contributed by atoms with E-state index in [4.69, 9.17) is 0 Å². The average Bonchev–Trinajstić information content (AvgIpc) is 2.10. The van der Waals surface area contributed by atoms with Gasteiger partial charge >= 0.3 is 0 Å². The van der Waals surface area contributed by atoms with Crippen LogP contribution < -0.4 is 5.32 Å². The molecular weight excluding hydrogens is 200 g/mol. The van der Waals surface area contributed by atoms with E-state index in [9.17, 15) is 5.21 Å². The first-order valence-electron chi connectivity index (χ1n) is 6.38. The van der Waals surface area contributed by atoms with Crippen LogP contribution >= 0.6 is 0 Å². The molecule has 1 aliphatic rings. The van der Waals surface area contributed by atoms with Crippen molar-refractivity contribution in [1.82, 2.24) is 10.4 Å². The smallest absolute Gasteiger partial charge is 0.0425 e. The van der Waals surface area contributed by atoms with Gasteiger partial charge in [0, 0.05) is 17.1 Å². The Morgan fingerprint density at radius 3 is 2.00 bits per heavy atom. The third-order valence-electron chi connectivity index (χ3n) is 3.45. The molecule has 0 atom stereocenters. The molecule has 16 heavy (non-hydrogen) atoms. The van der Waals surface area contributed by atoms with Crippen LogP contribution in [0.4, 0.5) is 0 Å². The van der Waals surface area contributed by atoms with Crippen molar-refractivity contribution in [2.45, 2.75) is 71.5 Å². The third-order valence-corrected chi connectivity index (χ3v) is 3.45. The lowest BCUT2D eigenvalue weighted by Crippen LogP contribution is -2.62. The van der Waals surface area contributed by atoms with Gasteiger partial charge in [0.2, 0.25) is 0 Å². The first-order valence-corrected chi connectivity index (χ1v) is 6.38. The summed E-state index contributed by atoms with van der Waals surface area (Å²) < 4.78 is 0. The molecule has 1 aliphatic heterocycles. The van der Waals surface area contributed by atoms with E-state index < -0.39 is 0 Å². The van der Waals surface area contributed by atoms with Gasteiger partial charge in [-0.2, -0.15) is 5.06 Å². The molecule has 0 aliphatic carbocycles. The molecule has 1 heterocycles. The summed E-state index contributed by atoms with van der Waals surface area (Å²) in [5.74, 6) is 0.679. The van der Waals surface area contributed by atoms with E-state index in [1.165, 1.54) is 5.06 Å². The Labute approximate surface area is 100 Å². The van der Waals surface area contributed by atoms with E-state index in [0.29, 0.717) is 12.0 Å². The van der Waals surface area contributed by atoms with Crippen LogP contribution in [0.2, 0.25) is 0 Å². The van der Waals surface area contributed by atoms with Gasteiger partial charge in [0.1, 0.15) is 0 Å². The van der Waals surface area contributed by atoms with Gasteiger partial charge in [-0.3, -0.25) is 0 Å². The van der Waals surface area contributed by atoms with Gasteiger partial charge in [-0.15, -0.1) is 0 Å². The summed E-state index contributed by atoms with van der Waals surface area (Å²) in [5, 5.41) is 15.3. The minimum Gasteiger partial charge on any atom is -0.314 e. The molecule has 1 rings (SSSR count). The molecule has 3 heteroatoms. The molecule has 0 aromatic heterocycles. The number of hydrogen-bond acceptors (Lipinski definition) is 3. The highest BCUT2D eigenvalue weighted by molar-refractivity contribution is 4.98. The molecule has 96 valence electrons. The number of nitrogens with zero attached hydrogens (tertiary/aromatic N) is 1. The standard InChI is InChI=1S/C13H28N2O/c1-10(2)9-14-11-7-12(3,4)15(16)13(5,6)8-11/h10-11,14,16H,7-9H2,1-6H3. The molecule has 0 aromatic rings. The number of piperidine rings is 1. The number of hydroxylamine groups is 2. The van der Waals surface area contributed by atoms with Crippen LogP contribution in [-0.4, -0.2) is 33.9 Å². The van der Waals surface area contributed by atoms with Crippen LogP contribution in [0.3, 0.4) is 0 Å². The van der Waals surface area contributed by atoms with E-state index in [2.05, 4.69) is 46.9 Å². The van der Waals surface area contributed by atoms with Gasteiger partial charge in [0.05, 0.1) is 0 Å². The molecule has 1 saturated heterocycles. The quantitative estimate of drug-likeness (QED) is 0.779. The SMILES string of the molecule is CC(C)CNC1CC(C)(C)N(O)C(C)(C)C1. The highest BCUT2D eigenvalue weighted by Crippen LogP contribution is 2.36. The molecular formula is C13H28N2O. The highest BCUT2D eigenvalue weighted by atomic mass is 16.5. The lowest BCUT2D eigenvalue weighted by Gasteiger charge is -2.51. The highest BCUT2D eigenvalue weighted by Gasteiger charge is 2.44. The zero-order chi connectivity index (χ0) is 12.6. The van der Waals surface area contributed by atoms with E-state index in [-0.39, 0.29) is 11.1 Å². The fourth-order valence-corrected chi connectivity index (χ4v) is 2.82. The van der Waals surface area contributed by atoms with Crippen LogP contribution in [0, 0.1) is 5.92 Å². The third kappa shape index (κ3) is 3.19. The van der Waals surface area contributed by atoms with Crippen molar-refractivity contribution in [2.24, 2.45) is 5.92 Å². The molecule has 0 spiro atoms. The molecule has 0 saturated carbocycles. The van der Waals surface area contributed by atoms with Crippen molar-refractivity contribution in [3.8, 4) is 0 Å². The molecule has 0 unspecified atom stereocenters. The Morgan fingerprint density at radius 1 is 1.19 bits per heavy atom. The second-order valence-corrected chi connectivity index (χ2v) is 6.84. The van der Waals surface area contributed by atoms with Crippen molar-refractivity contribution >= 4 is 0 Å². The van der Waals surface area contributed by atoms with Gasteiger partial charge in [0.25, 0.3) is 0 Å². The van der Waals surface area contributed by atoms with Crippen molar-refractivity contribution in [1.29, 1.82) is 0 Å². The summed E-state index contributed by atoms with van der Waals surface area (Å²) in [6.45, 7) is 13.9. The van der Waals surface area contributed by atoms with Crippen molar-refractivity contribution < 1.29 is 5.21 Å². The van der Waals surface area contributed by atoms with Gasteiger partial charge in [0.15, 0.2) is 0 Å². The minimum absolute atomic E-state index is 0.142. The topological polar surface area (TPSA) is 35.5 Å². The Bertz CT molecular complexity index is 218. The summed E-state index contributed by atoms with van der Waals surface area (Å²) in [6.07, 6.45) is 2.00. The Kier molecular flexibility index (Phi) is 4.04. The summed E-state index contributed by atoms with van der Waals surface area (Å²) in [7, 11) is 0. The van der Waals surface area contributed by atoms with Crippen molar-refractivity contribution in [3.05, 3.63) is 0 Å². The summed E-state index contributed by atoms with van der Waals surface area (Å²) in [5.41, 5.74) is -0.285. The molecule has 0 amide bonds. The zero-order valence-electron chi connectivity index (χ0n) is 11.7. The van der Waals surface area contributed by atoms with Crippen LogP contribution in [0.15, 0.2) is 0 Å². The monoisotopic (exact) mass is 228 g/mol. The van der Waals surface area contributed by atoms with Gasteiger partial charge in [-0.1, -0.05) is 13.8 Å². The van der Waals surface area contributed by atoms with Crippen LogP contribution in [0.1, 0.15) is 54.4 Å². The maximum absolute atomic E-state index is 10.2. The molecule has 0 bridgehead atoms. The lowest BCUT2D eigenvalue weighted by atomic mass is 9.79. The predicted octanol–water partition coefficient (Wildman–Crippen LogP) is 2.64. The maximum Gasteiger partial charge on any atom is 0.0425 e. The molecule has 3 nitrogen and oxygen atoms in total. The molecule has 2 N–H and O–H groups in total.